The molecule has 1 fully saturated rings. The fourth-order valence-corrected chi connectivity index (χ4v) is 3.44. The fraction of sp³-hybridized carbons (Fsp3) is 0.500. The van der Waals surface area contributed by atoms with Crippen molar-refractivity contribution in [1.82, 2.24) is 10.2 Å². The molecule has 8 nitrogen and oxygen atoms in total. The Morgan fingerprint density at radius 3 is 2.61 bits per heavy atom. The van der Waals surface area contributed by atoms with E-state index < -0.39 is 19.2 Å². The maximum atomic E-state index is 12.8. The van der Waals surface area contributed by atoms with Crippen molar-refractivity contribution in [2.24, 2.45) is 5.41 Å². The highest BCUT2D eigenvalue weighted by Crippen LogP contribution is 2.24. The van der Waals surface area contributed by atoms with Gasteiger partial charge in [0.15, 0.2) is 0 Å². The van der Waals surface area contributed by atoms with Gasteiger partial charge in [-0.25, -0.2) is 9.64 Å². The van der Waals surface area contributed by atoms with Crippen LogP contribution in [0.5, 0.6) is 0 Å². The Balaban J connectivity index is 1.94. The number of nitrogens with one attached hydrogen (secondary N) is 1. The van der Waals surface area contributed by atoms with E-state index in [2.05, 4.69) is 10.2 Å². The largest absolute Gasteiger partial charge is 0.475 e. The van der Waals surface area contributed by atoms with Crippen LogP contribution in [0.1, 0.15) is 39.2 Å². The van der Waals surface area contributed by atoms with Gasteiger partial charge >= 0.3 is 13.2 Å². The summed E-state index contributed by atoms with van der Waals surface area (Å²) in [5, 5.41) is 21.7. The van der Waals surface area contributed by atoms with E-state index in [1.54, 1.807) is 11.0 Å². The first-order chi connectivity index (χ1) is 14.6. The predicted octanol–water partition coefficient (Wildman–Crippen LogP) is 2.18. The van der Waals surface area contributed by atoms with Crippen molar-refractivity contribution in [2.45, 2.75) is 52.0 Å². The predicted molar refractivity (Wildman–Crippen MR) is 117 cm³/mol. The van der Waals surface area contributed by atoms with Gasteiger partial charge in [-0.2, -0.15) is 0 Å². The molecule has 0 aliphatic carbocycles. The van der Waals surface area contributed by atoms with Gasteiger partial charge in [-0.15, -0.1) is 0 Å². The van der Waals surface area contributed by atoms with Crippen LogP contribution in [0.2, 0.25) is 0 Å². The molecule has 3 N–H and O–H groups in total. The van der Waals surface area contributed by atoms with E-state index in [-0.39, 0.29) is 36.1 Å². The molecular weight excluding hydrogens is 397 g/mol. The number of carbonyl (C=O) groups excluding carboxylic acids is 2. The van der Waals surface area contributed by atoms with Crippen LogP contribution >= 0.6 is 0 Å². The van der Waals surface area contributed by atoms with Crippen LogP contribution in [0.3, 0.4) is 0 Å². The van der Waals surface area contributed by atoms with Crippen molar-refractivity contribution in [2.75, 3.05) is 13.2 Å². The van der Waals surface area contributed by atoms with Crippen molar-refractivity contribution in [3.8, 4) is 0 Å². The van der Waals surface area contributed by atoms with Crippen LogP contribution in [0, 0.1) is 12.0 Å². The zero-order valence-corrected chi connectivity index (χ0v) is 18.2. The van der Waals surface area contributed by atoms with Crippen LogP contribution in [0.15, 0.2) is 42.1 Å². The molecule has 1 aliphatic rings. The number of allylic oxidation sites excluding steroid dienone is 1. The molecule has 2 amide bonds. The van der Waals surface area contributed by atoms with Crippen molar-refractivity contribution in [3.05, 3.63) is 59.1 Å². The number of amides is 2. The van der Waals surface area contributed by atoms with E-state index in [1.807, 2.05) is 51.1 Å². The molecule has 9 heteroatoms. The summed E-state index contributed by atoms with van der Waals surface area (Å²) in [7, 11) is -1.75. The van der Waals surface area contributed by atoms with Gasteiger partial charge in [-0.3, -0.25) is 4.79 Å². The Labute approximate surface area is 183 Å². The number of likely N-dealkylation sites (tertiary alicyclic amines) is 1. The first-order valence-corrected chi connectivity index (χ1v) is 10.4. The van der Waals surface area contributed by atoms with E-state index in [4.69, 9.17) is 11.3 Å². The maximum absolute atomic E-state index is 12.8. The first kappa shape index (κ1) is 24.4. The van der Waals surface area contributed by atoms with Gasteiger partial charge in [0, 0.05) is 6.54 Å². The second-order valence-electron chi connectivity index (χ2n) is 8.75. The zero-order chi connectivity index (χ0) is 23.0. The van der Waals surface area contributed by atoms with E-state index in [1.165, 1.54) is 0 Å². The van der Waals surface area contributed by atoms with E-state index in [0.717, 1.165) is 12.0 Å². The van der Waals surface area contributed by atoms with E-state index in [0.29, 0.717) is 13.0 Å². The molecule has 31 heavy (non-hydrogen) atoms. The Hall–Kier alpha value is -2.83. The number of hydrogen-bond donors (Lipinski definition) is 3. The molecule has 2 atom stereocenters. The fourth-order valence-electron chi connectivity index (χ4n) is 3.44. The normalized spacial score (nSPS) is 17.6. The number of ether oxygens (including phenoxy) is 1. The summed E-state index contributed by atoms with van der Waals surface area (Å²) in [6.45, 7) is 13.6. The van der Waals surface area contributed by atoms with Gasteiger partial charge in [0.25, 0.3) is 5.91 Å². The Kier molecular flexibility index (Phi) is 8.66. The van der Waals surface area contributed by atoms with Gasteiger partial charge in [0.05, 0.1) is 18.6 Å². The lowest BCUT2D eigenvalue weighted by Gasteiger charge is -2.25. The number of nitrogens with zero attached hydrogens (tertiary/aromatic N) is 2. The number of hydrogen-bond acceptors (Lipinski definition) is 5. The van der Waals surface area contributed by atoms with Gasteiger partial charge < -0.3 is 25.0 Å². The maximum Gasteiger partial charge on any atom is 0.475 e. The highest BCUT2D eigenvalue weighted by molar-refractivity contribution is 6.43. The minimum atomic E-state index is -1.75. The smallest absolute Gasteiger partial charge is 0.447 e. The zero-order valence-electron chi connectivity index (χ0n) is 18.2. The molecule has 1 aliphatic heterocycles. The van der Waals surface area contributed by atoms with Crippen LogP contribution in [-0.2, 0) is 16.0 Å². The van der Waals surface area contributed by atoms with Gasteiger partial charge in [0.1, 0.15) is 6.61 Å². The molecule has 0 saturated carbocycles. The SMILES string of the molecule is [C-]#[N+]C(=CC(C)(C)C)C(=O)N1CCC[C@@H]1COC(=O)N[C@@H](Cc1ccccc1)B(O)O. The topological polar surface area (TPSA) is 103 Å². The summed E-state index contributed by atoms with van der Waals surface area (Å²) in [6.07, 6.45) is 2.52. The van der Waals surface area contributed by atoms with Gasteiger partial charge in [-0.1, -0.05) is 57.2 Å². The number of carbonyl (C=O) groups is 2. The standard InChI is InChI=1S/C22H30BN3O5/c1-22(2,3)14-18(24-4)20(27)26-12-8-11-17(26)15-31-21(28)25-19(23(29)30)13-16-9-6-5-7-10-16/h5-7,9-10,14,17,19,29-30H,8,11-13,15H2,1-3H3,(H,25,28)/t17-,19+/m1/s1. The van der Waals surface area contributed by atoms with Crippen molar-refractivity contribution >= 4 is 19.1 Å². The highest BCUT2D eigenvalue weighted by atomic mass is 16.5. The summed E-state index contributed by atoms with van der Waals surface area (Å²) in [5.41, 5.74) is 0.598. The Bertz CT molecular complexity index is 830. The summed E-state index contributed by atoms with van der Waals surface area (Å²) in [4.78, 5) is 30.0. The summed E-state index contributed by atoms with van der Waals surface area (Å²) < 4.78 is 5.28. The lowest BCUT2D eigenvalue weighted by Crippen LogP contribution is -2.49. The molecule has 0 spiro atoms. The number of rotatable bonds is 7. The first-order valence-electron chi connectivity index (χ1n) is 10.4. The van der Waals surface area contributed by atoms with Gasteiger partial charge in [-0.05, 0) is 30.2 Å². The van der Waals surface area contributed by atoms with Crippen LogP contribution < -0.4 is 5.32 Å². The second-order valence-corrected chi connectivity index (χ2v) is 8.75. The van der Waals surface area contributed by atoms with E-state index >= 15 is 0 Å². The Morgan fingerprint density at radius 1 is 1.35 bits per heavy atom. The summed E-state index contributed by atoms with van der Waals surface area (Å²) in [6, 6.07) is 8.82. The van der Waals surface area contributed by atoms with Crippen LogP contribution in [0.4, 0.5) is 4.79 Å². The van der Waals surface area contributed by atoms with E-state index in [9.17, 15) is 19.6 Å². The average molecular weight is 427 g/mol. The third-order valence-electron chi connectivity index (χ3n) is 4.92. The minimum absolute atomic E-state index is 0.0298. The van der Waals surface area contributed by atoms with Gasteiger partial charge in [0.2, 0.25) is 5.70 Å². The quantitative estimate of drug-likeness (QED) is 0.352. The molecule has 0 radical (unpaired) electrons. The molecule has 1 aromatic carbocycles. The van der Waals surface area contributed by atoms with Crippen molar-refractivity contribution in [1.29, 1.82) is 0 Å². The Morgan fingerprint density at radius 2 is 2.03 bits per heavy atom. The van der Waals surface area contributed by atoms with Crippen LogP contribution in [-0.4, -0.2) is 59.2 Å². The van der Waals surface area contributed by atoms with Crippen LogP contribution in [0.25, 0.3) is 4.85 Å². The number of alkyl carbamates (subject to hydrolysis) is 1. The molecule has 0 aromatic heterocycles. The third-order valence-corrected chi connectivity index (χ3v) is 4.92. The average Bonchev–Trinajstić information content (AvgIpc) is 3.18. The molecule has 166 valence electrons. The third kappa shape index (κ3) is 7.74. The molecule has 0 unspecified atom stereocenters. The molecule has 2 rings (SSSR count). The molecular formula is C22H30BN3O5. The lowest BCUT2D eigenvalue weighted by atomic mass is 9.76. The molecule has 1 aromatic rings. The lowest BCUT2D eigenvalue weighted by molar-refractivity contribution is -0.128. The molecule has 1 heterocycles. The van der Waals surface area contributed by atoms with Crippen molar-refractivity contribution < 1.29 is 24.4 Å². The highest BCUT2D eigenvalue weighted by Gasteiger charge is 2.33. The molecule has 1 saturated heterocycles. The minimum Gasteiger partial charge on any atom is -0.447 e. The summed E-state index contributed by atoms with van der Waals surface area (Å²) in [5.74, 6) is -1.29. The van der Waals surface area contributed by atoms with Crippen molar-refractivity contribution in [3.63, 3.8) is 0 Å². The second kappa shape index (κ2) is 11.0. The monoisotopic (exact) mass is 427 g/mol. The molecule has 0 bridgehead atoms. The summed E-state index contributed by atoms with van der Waals surface area (Å²) >= 11 is 0. The number of benzene rings is 1.